The molecule has 3 N–H and O–H groups in total. The number of nitrogens with zero attached hydrogens (tertiary/aromatic N) is 3. The largest absolute Gasteiger partial charge is 0.477 e. The zero-order valence-electron chi connectivity index (χ0n) is 18.6. The summed E-state index contributed by atoms with van der Waals surface area (Å²) in [5.74, 6) is -0.961. The average Bonchev–Trinajstić information content (AvgIpc) is 3.26. The second-order valence-corrected chi connectivity index (χ2v) is 8.91. The number of nitrogens with one attached hydrogen (secondary N) is 2. The Balaban J connectivity index is 1.72. The Kier molecular flexibility index (Phi) is 6.05. The van der Waals surface area contributed by atoms with Gasteiger partial charge in [-0.15, -0.1) is 0 Å². The number of H-pyrrole nitrogens is 1. The van der Waals surface area contributed by atoms with Crippen molar-refractivity contribution in [2.75, 3.05) is 20.2 Å². The average molecular weight is 445 g/mol. The Morgan fingerprint density at radius 3 is 2.75 bits per heavy atom. The summed E-state index contributed by atoms with van der Waals surface area (Å²) in [5, 5.41) is 16.6. The topological polar surface area (TPSA) is 120 Å². The predicted molar refractivity (Wildman–Crippen MR) is 116 cm³/mol. The third kappa shape index (κ3) is 4.27. The number of amides is 2. The first-order valence-electron chi connectivity index (χ1n) is 11.0. The van der Waals surface area contributed by atoms with Gasteiger partial charge in [0.1, 0.15) is 0 Å². The van der Waals surface area contributed by atoms with Gasteiger partial charge in [-0.2, -0.15) is 4.57 Å². The standard InChI is InChI=1S/C22H29N5O5/c1-13(2)11-26-20-14(4-7-17(28)25-9-8-16(12-25)32-3)10-23-27(20)22(31)18(21(26)30)19(29)24-15-5-6-15/h4,7,10,13,15-16H,5-6,8-9,11-12H2,1-3H3,(H2,24,29,30,31)/p+1/b7-4+/t16-/m1/s1. The van der Waals surface area contributed by atoms with Gasteiger partial charge in [0.05, 0.1) is 24.4 Å². The number of carbonyl (C=O) groups excluding carboxylic acids is 2. The summed E-state index contributed by atoms with van der Waals surface area (Å²) in [6.45, 7) is 5.50. The van der Waals surface area contributed by atoms with Crippen molar-refractivity contribution >= 4 is 23.5 Å². The van der Waals surface area contributed by atoms with E-state index < -0.39 is 11.5 Å². The molecule has 1 aliphatic carbocycles. The molecule has 10 nitrogen and oxygen atoms in total. The van der Waals surface area contributed by atoms with E-state index in [0.29, 0.717) is 30.8 Å². The van der Waals surface area contributed by atoms with Crippen molar-refractivity contribution in [1.82, 2.24) is 19.8 Å². The number of fused-ring (bicyclic) bond motifs is 1. The molecular formula is C22H30N5O5+. The van der Waals surface area contributed by atoms with Crippen LogP contribution in [0.25, 0.3) is 11.7 Å². The first kappa shape index (κ1) is 22.1. The Morgan fingerprint density at radius 2 is 2.12 bits per heavy atom. The van der Waals surface area contributed by atoms with E-state index in [0.717, 1.165) is 19.3 Å². The molecule has 1 atom stereocenters. The first-order chi connectivity index (χ1) is 15.3. The summed E-state index contributed by atoms with van der Waals surface area (Å²) in [7, 11) is 1.64. The lowest BCUT2D eigenvalue weighted by Crippen LogP contribution is -2.46. The van der Waals surface area contributed by atoms with E-state index in [1.54, 1.807) is 28.8 Å². The van der Waals surface area contributed by atoms with Gasteiger partial charge in [0.15, 0.2) is 0 Å². The molecule has 0 unspecified atom stereocenters. The van der Waals surface area contributed by atoms with E-state index in [2.05, 4.69) is 10.4 Å². The van der Waals surface area contributed by atoms with Crippen molar-refractivity contribution in [2.24, 2.45) is 5.92 Å². The normalized spacial score (nSPS) is 18.9. The van der Waals surface area contributed by atoms with Gasteiger partial charge < -0.3 is 20.1 Å². The number of aromatic hydroxyl groups is 1. The molecule has 1 aliphatic heterocycles. The minimum absolute atomic E-state index is 0.0457. The van der Waals surface area contributed by atoms with Gasteiger partial charge in [-0.1, -0.05) is 18.4 Å². The van der Waals surface area contributed by atoms with Crippen molar-refractivity contribution in [3.63, 3.8) is 0 Å². The molecule has 0 aromatic carbocycles. The summed E-state index contributed by atoms with van der Waals surface area (Å²) in [6.07, 6.45) is 7.24. The summed E-state index contributed by atoms with van der Waals surface area (Å²) in [6, 6.07) is 0.0528. The molecule has 0 spiro atoms. The van der Waals surface area contributed by atoms with Crippen LogP contribution in [0, 0.1) is 5.92 Å². The van der Waals surface area contributed by atoms with Crippen LogP contribution in [-0.2, 0) is 16.1 Å². The Hall–Kier alpha value is -3.14. The fourth-order valence-corrected chi connectivity index (χ4v) is 3.99. The highest BCUT2D eigenvalue weighted by Gasteiger charge is 2.34. The number of aromatic nitrogens is 3. The van der Waals surface area contributed by atoms with Gasteiger partial charge in [-0.25, -0.2) is 9.89 Å². The van der Waals surface area contributed by atoms with E-state index >= 15 is 0 Å². The van der Waals surface area contributed by atoms with Gasteiger partial charge in [0.2, 0.25) is 11.5 Å². The molecular weight excluding hydrogens is 414 g/mol. The van der Waals surface area contributed by atoms with Crippen LogP contribution in [0.4, 0.5) is 0 Å². The Bertz CT molecular complexity index is 1130. The molecule has 4 rings (SSSR count). The number of likely N-dealkylation sites (tertiary alicyclic amines) is 1. The van der Waals surface area contributed by atoms with Crippen molar-refractivity contribution in [2.45, 2.75) is 51.8 Å². The summed E-state index contributed by atoms with van der Waals surface area (Å²) >= 11 is 0. The maximum atomic E-state index is 13.0. The molecule has 172 valence electrons. The molecule has 1 saturated carbocycles. The lowest BCUT2D eigenvalue weighted by molar-refractivity contribution is -0.686. The molecule has 0 bridgehead atoms. The van der Waals surface area contributed by atoms with Gasteiger partial charge in [0, 0.05) is 32.3 Å². The lowest BCUT2D eigenvalue weighted by atomic mass is 10.2. The highest BCUT2D eigenvalue weighted by atomic mass is 16.5. The van der Waals surface area contributed by atoms with Crippen molar-refractivity contribution in [3.05, 3.63) is 33.8 Å². The quantitative estimate of drug-likeness (QED) is 0.423. The molecule has 2 fully saturated rings. The van der Waals surface area contributed by atoms with Crippen LogP contribution in [0.2, 0.25) is 0 Å². The number of methoxy groups -OCH3 is 1. The van der Waals surface area contributed by atoms with Crippen molar-refractivity contribution < 1.29 is 24.0 Å². The van der Waals surface area contributed by atoms with Crippen LogP contribution in [0.15, 0.2) is 17.1 Å². The first-order valence-corrected chi connectivity index (χ1v) is 11.0. The molecule has 32 heavy (non-hydrogen) atoms. The summed E-state index contributed by atoms with van der Waals surface area (Å²) < 4.78 is 8.10. The second kappa shape index (κ2) is 8.78. The van der Waals surface area contributed by atoms with Crippen LogP contribution in [0.5, 0.6) is 5.88 Å². The number of rotatable bonds is 7. The number of hydrogen-bond donors (Lipinski definition) is 3. The van der Waals surface area contributed by atoms with Gasteiger partial charge >= 0.3 is 17.1 Å². The van der Waals surface area contributed by atoms with Crippen molar-refractivity contribution in [3.8, 4) is 5.88 Å². The fourth-order valence-electron chi connectivity index (χ4n) is 3.99. The molecule has 1 saturated heterocycles. The summed E-state index contributed by atoms with van der Waals surface area (Å²) in [5.41, 5.74) is 0.0303. The number of hydrogen-bond acceptors (Lipinski definition) is 5. The van der Waals surface area contributed by atoms with Gasteiger partial charge in [-0.3, -0.25) is 9.59 Å². The van der Waals surface area contributed by atoms with Gasteiger partial charge in [-0.05, 0) is 31.3 Å². The van der Waals surface area contributed by atoms with Gasteiger partial charge in [0.25, 0.3) is 5.91 Å². The Labute approximate surface area is 185 Å². The van der Waals surface area contributed by atoms with Crippen LogP contribution in [0.3, 0.4) is 0 Å². The molecule has 3 heterocycles. The minimum atomic E-state index is -0.635. The zero-order valence-corrected chi connectivity index (χ0v) is 18.6. The highest BCUT2D eigenvalue weighted by Crippen LogP contribution is 2.21. The third-order valence-electron chi connectivity index (χ3n) is 5.85. The van der Waals surface area contributed by atoms with Crippen LogP contribution in [0.1, 0.15) is 49.0 Å². The number of ether oxygens (including phenoxy) is 1. The lowest BCUT2D eigenvalue weighted by Gasteiger charge is -2.13. The second-order valence-electron chi connectivity index (χ2n) is 8.91. The fraction of sp³-hybridized carbons (Fsp3) is 0.545. The zero-order chi connectivity index (χ0) is 23.0. The maximum Gasteiger partial charge on any atom is 0.378 e. The highest BCUT2D eigenvalue weighted by molar-refractivity contribution is 5.96. The SMILES string of the molecule is CO[C@@H]1CCN(C(=O)/C=C/c2c[nH]n3c(=O)c(C(=O)NC4CC4)c(O)[n+](CC(C)C)c23)C1. The molecule has 0 radical (unpaired) electrons. The van der Waals surface area contributed by atoms with E-state index in [1.165, 1.54) is 10.6 Å². The molecule has 2 aliphatic rings. The van der Waals surface area contributed by atoms with E-state index in [-0.39, 0.29) is 35.4 Å². The summed E-state index contributed by atoms with van der Waals surface area (Å²) in [4.78, 5) is 40.0. The van der Waals surface area contributed by atoms with E-state index in [4.69, 9.17) is 4.74 Å². The molecule has 2 aromatic rings. The monoisotopic (exact) mass is 444 g/mol. The molecule has 2 amide bonds. The minimum Gasteiger partial charge on any atom is -0.477 e. The Morgan fingerprint density at radius 1 is 1.38 bits per heavy atom. The maximum absolute atomic E-state index is 13.0. The van der Waals surface area contributed by atoms with Crippen LogP contribution in [-0.4, -0.2) is 63.8 Å². The van der Waals surface area contributed by atoms with Crippen LogP contribution >= 0.6 is 0 Å². The van der Waals surface area contributed by atoms with E-state index in [1.807, 2.05) is 13.8 Å². The number of aromatic amines is 1. The van der Waals surface area contributed by atoms with Crippen molar-refractivity contribution in [1.29, 1.82) is 0 Å². The third-order valence-corrected chi connectivity index (χ3v) is 5.85. The van der Waals surface area contributed by atoms with E-state index in [9.17, 15) is 19.5 Å². The number of carbonyl (C=O) groups is 2. The van der Waals surface area contributed by atoms with Crippen LogP contribution < -0.4 is 15.4 Å². The molecule has 2 aromatic heterocycles. The smallest absolute Gasteiger partial charge is 0.378 e. The predicted octanol–water partition coefficient (Wildman–Crippen LogP) is 0.429. The molecule has 10 heteroatoms.